The molecule has 4 heteroatoms. The predicted octanol–water partition coefficient (Wildman–Crippen LogP) is 1.95. The summed E-state index contributed by atoms with van der Waals surface area (Å²) in [6, 6.07) is 5.69. The third-order valence-electron chi connectivity index (χ3n) is 3.79. The number of nitrogen functional groups attached to an aromatic ring is 1. The molecule has 1 aliphatic heterocycles. The average Bonchev–Trinajstić information content (AvgIpc) is 2.42. The molecule has 1 heterocycles. The van der Waals surface area contributed by atoms with E-state index in [-0.39, 0.29) is 18.6 Å². The number of carbonyl (C=O) groups excluding carboxylic acids is 1. The van der Waals surface area contributed by atoms with Crippen molar-refractivity contribution in [3.05, 3.63) is 29.3 Å². The molecule has 0 saturated carbocycles. The minimum Gasteiger partial charge on any atom is -0.398 e. The molecular weight excluding hydrogens is 240 g/mol. The van der Waals surface area contributed by atoms with Gasteiger partial charge in [0.05, 0.1) is 5.56 Å². The van der Waals surface area contributed by atoms with Gasteiger partial charge in [-0.25, -0.2) is 0 Å². The molecule has 0 spiro atoms. The number of nitrogens with zero attached hydrogens (tertiary/aromatic N) is 1. The van der Waals surface area contributed by atoms with E-state index in [9.17, 15) is 4.79 Å². The maximum absolute atomic E-state index is 12.6. The molecule has 0 aliphatic carbocycles. The van der Waals surface area contributed by atoms with Crippen molar-refractivity contribution in [1.29, 1.82) is 0 Å². The molecule has 104 valence electrons. The van der Waals surface area contributed by atoms with Crippen molar-refractivity contribution in [2.24, 2.45) is 0 Å². The van der Waals surface area contributed by atoms with Crippen molar-refractivity contribution in [2.75, 3.05) is 18.9 Å². The summed E-state index contributed by atoms with van der Waals surface area (Å²) in [7, 11) is 0. The van der Waals surface area contributed by atoms with Gasteiger partial charge in [0.15, 0.2) is 0 Å². The van der Waals surface area contributed by atoms with E-state index in [1.54, 1.807) is 6.07 Å². The van der Waals surface area contributed by atoms with Crippen molar-refractivity contribution >= 4 is 11.6 Å². The van der Waals surface area contributed by atoms with Crippen molar-refractivity contribution < 1.29 is 9.90 Å². The van der Waals surface area contributed by atoms with E-state index >= 15 is 0 Å². The molecular formula is C15H22N2O2. The van der Waals surface area contributed by atoms with Gasteiger partial charge in [-0.05, 0) is 44.7 Å². The molecule has 0 aromatic heterocycles. The maximum Gasteiger partial charge on any atom is 0.256 e. The Morgan fingerprint density at radius 2 is 2.26 bits per heavy atom. The van der Waals surface area contributed by atoms with Crippen molar-refractivity contribution in [3.8, 4) is 0 Å². The molecule has 4 nitrogen and oxygen atoms in total. The van der Waals surface area contributed by atoms with E-state index < -0.39 is 0 Å². The summed E-state index contributed by atoms with van der Waals surface area (Å²) in [5.41, 5.74) is 8.07. The van der Waals surface area contributed by atoms with Crippen LogP contribution in [0.5, 0.6) is 0 Å². The Morgan fingerprint density at radius 1 is 1.47 bits per heavy atom. The molecule has 1 fully saturated rings. The first kappa shape index (κ1) is 13.9. The van der Waals surface area contributed by atoms with Crippen LogP contribution in [0.25, 0.3) is 0 Å². The van der Waals surface area contributed by atoms with E-state index in [2.05, 4.69) is 0 Å². The zero-order valence-electron chi connectivity index (χ0n) is 11.4. The van der Waals surface area contributed by atoms with Crippen molar-refractivity contribution in [3.63, 3.8) is 0 Å². The van der Waals surface area contributed by atoms with Crippen LogP contribution in [0.15, 0.2) is 18.2 Å². The van der Waals surface area contributed by atoms with E-state index in [0.717, 1.165) is 31.4 Å². The monoisotopic (exact) mass is 262 g/mol. The fourth-order valence-electron chi connectivity index (χ4n) is 2.73. The van der Waals surface area contributed by atoms with Crippen molar-refractivity contribution in [2.45, 2.75) is 38.6 Å². The molecule has 1 unspecified atom stereocenters. The molecule has 2 rings (SSSR count). The number of hydrogen-bond acceptors (Lipinski definition) is 3. The normalized spacial score (nSPS) is 19.5. The van der Waals surface area contributed by atoms with Crippen LogP contribution < -0.4 is 5.73 Å². The first-order chi connectivity index (χ1) is 9.13. The van der Waals surface area contributed by atoms with Gasteiger partial charge in [-0.2, -0.15) is 0 Å². The summed E-state index contributed by atoms with van der Waals surface area (Å²) < 4.78 is 0. The van der Waals surface area contributed by atoms with E-state index in [4.69, 9.17) is 10.8 Å². The van der Waals surface area contributed by atoms with E-state index in [1.165, 1.54) is 0 Å². The average molecular weight is 262 g/mol. The standard InChI is InChI=1S/C15H22N2O2/c1-11-5-6-14(16)13(10-11)15(19)17-8-3-2-4-12(17)7-9-18/h5-6,10,12,18H,2-4,7-9,16H2,1H3. The zero-order valence-corrected chi connectivity index (χ0v) is 11.4. The number of aryl methyl sites for hydroxylation is 1. The van der Waals surface area contributed by atoms with Crippen LogP contribution in [0.3, 0.4) is 0 Å². The molecule has 1 atom stereocenters. The number of carbonyl (C=O) groups is 1. The summed E-state index contributed by atoms with van der Waals surface area (Å²) in [5, 5.41) is 9.12. The largest absolute Gasteiger partial charge is 0.398 e. The Labute approximate surface area is 114 Å². The van der Waals surface area contributed by atoms with Gasteiger partial charge in [0.25, 0.3) is 5.91 Å². The number of benzene rings is 1. The third kappa shape index (κ3) is 3.07. The quantitative estimate of drug-likeness (QED) is 0.818. The van der Waals surface area contributed by atoms with Gasteiger partial charge >= 0.3 is 0 Å². The number of aliphatic hydroxyl groups excluding tert-OH is 1. The molecule has 1 amide bonds. The van der Waals surface area contributed by atoms with Gasteiger partial charge in [-0.15, -0.1) is 0 Å². The summed E-state index contributed by atoms with van der Waals surface area (Å²) in [6.45, 7) is 2.84. The molecule has 0 bridgehead atoms. The summed E-state index contributed by atoms with van der Waals surface area (Å²) in [6.07, 6.45) is 3.77. The number of rotatable bonds is 3. The molecule has 1 aromatic carbocycles. The molecule has 3 N–H and O–H groups in total. The predicted molar refractivity (Wildman–Crippen MR) is 76.0 cm³/mol. The second kappa shape index (κ2) is 6.06. The molecule has 1 saturated heterocycles. The van der Waals surface area contributed by atoms with E-state index in [1.807, 2.05) is 24.0 Å². The number of nitrogens with two attached hydrogens (primary N) is 1. The van der Waals surface area contributed by atoms with Crippen LogP contribution in [0.2, 0.25) is 0 Å². The Kier molecular flexibility index (Phi) is 4.43. The highest BCUT2D eigenvalue weighted by Gasteiger charge is 2.27. The van der Waals surface area contributed by atoms with Gasteiger partial charge in [-0.3, -0.25) is 4.79 Å². The summed E-state index contributed by atoms with van der Waals surface area (Å²) >= 11 is 0. The lowest BCUT2D eigenvalue weighted by Crippen LogP contribution is -2.44. The minimum atomic E-state index is -0.000602. The van der Waals surface area contributed by atoms with Crippen LogP contribution in [0.4, 0.5) is 5.69 Å². The van der Waals surface area contributed by atoms with Crippen LogP contribution in [0, 0.1) is 6.92 Å². The Balaban J connectivity index is 2.23. The smallest absolute Gasteiger partial charge is 0.256 e. The summed E-state index contributed by atoms with van der Waals surface area (Å²) in [4.78, 5) is 14.5. The lowest BCUT2D eigenvalue weighted by molar-refractivity contribution is 0.0575. The van der Waals surface area contributed by atoms with Crippen molar-refractivity contribution in [1.82, 2.24) is 4.90 Å². The minimum absolute atomic E-state index is 0.000602. The van der Waals surface area contributed by atoms with Gasteiger partial charge < -0.3 is 15.7 Å². The van der Waals surface area contributed by atoms with Gasteiger partial charge in [0.2, 0.25) is 0 Å². The highest BCUT2D eigenvalue weighted by Crippen LogP contribution is 2.24. The van der Waals surface area contributed by atoms with Crippen LogP contribution in [-0.2, 0) is 0 Å². The number of anilines is 1. The number of likely N-dealkylation sites (tertiary alicyclic amines) is 1. The third-order valence-corrected chi connectivity index (χ3v) is 3.79. The maximum atomic E-state index is 12.6. The zero-order chi connectivity index (χ0) is 13.8. The molecule has 1 aliphatic rings. The molecule has 0 radical (unpaired) electrons. The van der Waals surface area contributed by atoms with Gasteiger partial charge in [0, 0.05) is 24.9 Å². The van der Waals surface area contributed by atoms with Crippen LogP contribution in [-0.4, -0.2) is 35.1 Å². The topological polar surface area (TPSA) is 66.6 Å². The van der Waals surface area contributed by atoms with Crippen LogP contribution in [0.1, 0.15) is 41.6 Å². The first-order valence-corrected chi connectivity index (χ1v) is 6.91. The number of piperidine rings is 1. The Morgan fingerprint density at radius 3 is 3.00 bits per heavy atom. The SMILES string of the molecule is Cc1ccc(N)c(C(=O)N2CCCCC2CCO)c1. The number of hydrogen-bond donors (Lipinski definition) is 2. The fourth-order valence-corrected chi connectivity index (χ4v) is 2.73. The first-order valence-electron chi connectivity index (χ1n) is 6.91. The summed E-state index contributed by atoms with van der Waals surface area (Å²) in [5.74, 6) is -0.000602. The molecule has 1 aromatic rings. The number of aliphatic hydroxyl groups is 1. The highest BCUT2D eigenvalue weighted by atomic mass is 16.3. The second-order valence-corrected chi connectivity index (χ2v) is 5.25. The highest BCUT2D eigenvalue weighted by molar-refractivity contribution is 5.99. The Hall–Kier alpha value is -1.55. The molecule has 19 heavy (non-hydrogen) atoms. The van der Waals surface area contributed by atoms with Gasteiger partial charge in [-0.1, -0.05) is 11.6 Å². The van der Waals surface area contributed by atoms with Crippen LogP contribution >= 0.6 is 0 Å². The van der Waals surface area contributed by atoms with Gasteiger partial charge in [0.1, 0.15) is 0 Å². The number of amides is 1. The second-order valence-electron chi connectivity index (χ2n) is 5.25. The lowest BCUT2D eigenvalue weighted by atomic mass is 9.98. The fraction of sp³-hybridized carbons (Fsp3) is 0.533. The van der Waals surface area contributed by atoms with E-state index in [0.29, 0.717) is 17.7 Å². The lowest BCUT2D eigenvalue weighted by Gasteiger charge is -2.36. The Bertz CT molecular complexity index is 457.